The maximum absolute atomic E-state index is 11.7. The van der Waals surface area contributed by atoms with E-state index in [-0.39, 0.29) is 0 Å². The van der Waals surface area contributed by atoms with Gasteiger partial charge in [-0.1, -0.05) is 18.2 Å². The molecule has 0 radical (unpaired) electrons. The Labute approximate surface area is 109 Å². The molecule has 1 rings (SSSR count). The largest absolute Gasteiger partial charge is 0.480 e. The van der Waals surface area contributed by atoms with Crippen molar-refractivity contribution in [1.29, 1.82) is 0 Å². The van der Waals surface area contributed by atoms with E-state index in [9.17, 15) is 14.4 Å². The average molecular weight is 266 g/mol. The third-order valence-corrected chi connectivity index (χ3v) is 2.15. The van der Waals surface area contributed by atoms with E-state index >= 15 is 0 Å². The van der Waals surface area contributed by atoms with Crippen LogP contribution in [0.4, 0.5) is 10.5 Å². The quantitative estimate of drug-likeness (QED) is 0.807. The highest BCUT2D eigenvalue weighted by Gasteiger charge is 2.14. The van der Waals surface area contributed by atoms with Crippen LogP contribution < -0.4 is 10.2 Å². The van der Waals surface area contributed by atoms with Crippen LogP contribution in [-0.4, -0.2) is 43.3 Å². The first-order valence-electron chi connectivity index (χ1n) is 5.43. The molecule has 7 heteroatoms. The predicted octanol–water partition coefficient (Wildman–Crippen LogP) is 0.460. The number of carbonyl (C=O) groups excluding carboxylic acids is 2. The predicted molar refractivity (Wildman–Crippen MR) is 66.8 cm³/mol. The van der Waals surface area contributed by atoms with Crippen LogP contribution in [0.5, 0.6) is 0 Å². The van der Waals surface area contributed by atoms with Crippen molar-refractivity contribution in [3.05, 3.63) is 30.3 Å². The summed E-state index contributed by atoms with van der Waals surface area (Å²) in [5.74, 6) is -1.88. The van der Waals surface area contributed by atoms with Gasteiger partial charge in [0.05, 0.1) is 0 Å². The number of imide groups is 1. The third kappa shape index (κ3) is 5.17. The van der Waals surface area contributed by atoms with Crippen LogP contribution >= 0.6 is 0 Å². The Kier molecular flexibility index (Phi) is 5.49. The van der Waals surface area contributed by atoms with Gasteiger partial charge in [-0.2, -0.15) is 0 Å². The highest BCUT2D eigenvalue weighted by molar-refractivity contribution is 6.02. The number of carboxylic acids is 1. The summed E-state index contributed by atoms with van der Waals surface area (Å²) in [7, 11) is 1.51. The molecule has 0 aliphatic carbocycles. The van der Waals surface area contributed by atoms with Gasteiger partial charge in [0.25, 0.3) is 5.91 Å². The molecular formula is C12H14N2O5. The first-order valence-corrected chi connectivity index (χ1v) is 5.43. The second-order valence-electron chi connectivity index (χ2n) is 3.63. The highest BCUT2D eigenvalue weighted by atomic mass is 16.5. The zero-order valence-electron chi connectivity index (χ0n) is 10.3. The first-order chi connectivity index (χ1) is 9.00. The van der Waals surface area contributed by atoms with Gasteiger partial charge in [-0.3, -0.25) is 15.0 Å². The Balaban J connectivity index is 2.42. The molecule has 0 fully saturated rings. The Bertz CT molecular complexity index is 460. The molecule has 0 bridgehead atoms. The molecule has 0 heterocycles. The number of rotatable bonds is 5. The summed E-state index contributed by atoms with van der Waals surface area (Å²) in [6, 6.07) is 8.14. The fourth-order valence-electron chi connectivity index (χ4n) is 1.24. The molecule has 0 saturated carbocycles. The minimum Gasteiger partial charge on any atom is -0.480 e. The molecule has 3 amide bonds. The SMILES string of the molecule is CN(C(=O)NC(=O)COCC(=O)O)c1ccccc1. The van der Waals surface area contributed by atoms with Crippen LogP contribution in [0.1, 0.15) is 0 Å². The summed E-state index contributed by atoms with van der Waals surface area (Å²) >= 11 is 0. The monoisotopic (exact) mass is 266 g/mol. The van der Waals surface area contributed by atoms with E-state index in [2.05, 4.69) is 10.1 Å². The summed E-state index contributed by atoms with van der Waals surface area (Å²) < 4.78 is 4.56. The molecule has 102 valence electrons. The molecule has 2 N–H and O–H groups in total. The van der Waals surface area contributed by atoms with Crippen LogP contribution in [0.2, 0.25) is 0 Å². The van der Waals surface area contributed by atoms with Crippen LogP contribution in [0, 0.1) is 0 Å². The van der Waals surface area contributed by atoms with Crippen LogP contribution in [0.3, 0.4) is 0 Å². The number of para-hydroxylation sites is 1. The van der Waals surface area contributed by atoms with Crippen molar-refractivity contribution in [2.75, 3.05) is 25.2 Å². The molecule has 1 aromatic carbocycles. The van der Waals surface area contributed by atoms with E-state index in [1.54, 1.807) is 30.3 Å². The summed E-state index contributed by atoms with van der Waals surface area (Å²) in [6.45, 7) is -1.07. The van der Waals surface area contributed by atoms with E-state index < -0.39 is 31.1 Å². The molecule has 0 aliphatic rings. The number of amides is 3. The minimum absolute atomic E-state index is 0.485. The van der Waals surface area contributed by atoms with Crippen molar-refractivity contribution in [2.45, 2.75) is 0 Å². The van der Waals surface area contributed by atoms with Gasteiger partial charge in [0.15, 0.2) is 0 Å². The van der Waals surface area contributed by atoms with E-state index in [0.717, 1.165) is 0 Å². The van der Waals surface area contributed by atoms with E-state index in [1.807, 2.05) is 0 Å². The zero-order chi connectivity index (χ0) is 14.3. The smallest absolute Gasteiger partial charge is 0.329 e. The van der Waals surface area contributed by atoms with Gasteiger partial charge in [-0.05, 0) is 12.1 Å². The lowest BCUT2D eigenvalue weighted by Crippen LogP contribution is -2.42. The van der Waals surface area contributed by atoms with Gasteiger partial charge in [0, 0.05) is 12.7 Å². The van der Waals surface area contributed by atoms with E-state index in [4.69, 9.17) is 5.11 Å². The van der Waals surface area contributed by atoms with Crippen LogP contribution in [0.25, 0.3) is 0 Å². The third-order valence-electron chi connectivity index (χ3n) is 2.15. The molecule has 0 unspecified atom stereocenters. The second-order valence-corrected chi connectivity index (χ2v) is 3.63. The number of hydrogen-bond acceptors (Lipinski definition) is 4. The number of ether oxygens (including phenoxy) is 1. The Hall–Kier alpha value is -2.41. The van der Waals surface area contributed by atoms with Crippen molar-refractivity contribution < 1.29 is 24.2 Å². The van der Waals surface area contributed by atoms with Gasteiger partial charge < -0.3 is 9.84 Å². The summed E-state index contributed by atoms with van der Waals surface area (Å²) in [5.41, 5.74) is 0.624. The maximum Gasteiger partial charge on any atom is 0.329 e. The molecular weight excluding hydrogens is 252 g/mol. The Morgan fingerprint density at radius 1 is 1.21 bits per heavy atom. The van der Waals surface area contributed by atoms with Gasteiger partial charge >= 0.3 is 12.0 Å². The number of anilines is 1. The number of carboxylic acid groups (broad SMARTS) is 1. The molecule has 0 aliphatic heterocycles. The lowest BCUT2D eigenvalue weighted by atomic mass is 10.3. The number of nitrogens with zero attached hydrogens (tertiary/aromatic N) is 1. The molecule has 0 atom stereocenters. The fraction of sp³-hybridized carbons (Fsp3) is 0.250. The molecule has 0 saturated heterocycles. The van der Waals surface area contributed by atoms with Gasteiger partial charge in [0.2, 0.25) is 0 Å². The zero-order valence-corrected chi connectivity index (χ0v) is 10.3. The van der Waals surface area contributed by atoms with Crippen molar-refractivity contribution >= 4 is 23.6 Å². The molecule has 19 heavy (non-hydrogen) atoms. The van der Waals surface area contributed by atoms with Gasteiger partial charge in [-0.15, -0.1) is 0 Å². The first kappa shape index (κ1) is 14.7. The molecule has 0 spiro atoms. The minimum atomic E-state index is -1.18. The summed E-state index contributed by atoms with van der Waals surface area (Å²) in [6.07, 6.45) is 0. The highest BCUT2D eigenvalue weighted by Crippen LogP contribution is 2.10. The van der Waals surface area contributed by atoms with E-state index in [0.29, 0.717) is 5.69 Å². The van der Waals surface area contributed by atoms with Gasteiger partial charge in [0.1, 0.15) is 13.2 Å². The topological polar surface area (TPSA) is 95.9 Å². The fourth-order valence-corrected chi connectivity index (χ4v) is 1.24. The van der Waals surface area contributed by atoms with Crippen molar-refractivity contribution in [3.8, 4) is 0 Å². The normalized spacial score (nSPS) is 9.74. The number of nitrogens with one attached hydrogen (secondary N) is 1. The van der Waals surface area contributed by atoms with Gasteiger partial charge in [-0.25, -0.2) is 9.59 Å². The summed E-state index contributed by atoms with van der Waals surface area (Å²) in [5, 5.41) is 10.4. The number of aliphatic carboxylic acids is 1. The van der Waals surface area contributed by atoms with Crippen LogP contribution in [-0.2, 0) is 14.3 Å². The maximum atomic E-state index is 11.7. The Morgan fingerprint density at radius 3 is 2.42 bits per heavy atom. The van der Waals surface area contributed by atoms with Crippen molar-refractivity contribution in [1.82, 2.24) is 5.32 Å². The molecule has 7 nitrogen and oxygen atoms in total. The lowest BCUT2D eigenvalue weighted by Gasteiger charge is -2.17. The molecule has 0 aromatic heterocycles. The Morgan fingerprint density at radius 2 is 1.84 bits per heavy atom. The van der Waals surface area contributed by atoms with Crippen molar-refractivity contribution in [2.24, 2.45) is 0 Å². The number of benzene rings is 1. The average Bonchev–Trinajstić information content (AvgIpc) is 2.38. The number of carbonyl (C=O) groups is 3. The standard InChI is InChI=1S/C12H14N2O5/c1-14(9-5-3-2-4-6-9)12(18)13-10(15)7-19-8-11(16)17/h2-6H,7-8H2,1H3,(H,16,17)(H,13,15,18). The van der Waals surface area contributed by atoms with Crippen LogP contribution in [0.15, 0.2) is 30.3 Å². The van der Waals surface area contributed by atoms with Crippen molar-refractivity contribution in [3.63, 3.8) is 0 Å². The number of hydrogen-bond donors (Lipinski definition) is 2. The number of urea groups is 1. The lowest BCUT2D eigenvalue weighted by molar-refractivity contribution is -0.143. The molecule has 1 aromatic rings. The second kappa shape index (κ2) is 7.12. The van der Waals surface area contributed by atoms with E-state index in [1.165, 1.54) is 11.9 Å². The summed E-state index contributed by atoms with van der Waals surface area (Å²) in [4.78, 5) is 34.4.